The van der Waals surface area contributed by atoms with E-state index in [9.17, 15) is 19.2 Å². The van der Waals surface area contributed by atoms with Crippen LogP contribution < -0.4 is 5.32 Å². The molecule has 2 heterocycles. The third-order valence-electron chi connectivity index (χ3n) is 7.33. The molecule has 1 saturated heterocycles. The SMILES string of the molecule is CC(C)(C)OC(=O)C1CCCC(CCc2cccc3c2CN(C2CCC(=O)NC2=O)C3=O)CC1. The van der Waals surface area contributed by atoms with Crippen LogP contribution in [0.4, 0.5) is 0 Å². The Bertz CT molecular complexity index is 980. The summed E-state index contributed by atoms with van der Waals surface area (Å²) in [5.74, 6) is -0.306. The Morgan fingerprint density at radius 2 is 1.88 bits per heavy atom. The summed E-state index contributed by atoms with van der Waals surface area (Å²) in [6.07, 6.45) is 7.44. The quantitative estimate of drug-likeness (QED) is 0.402. The zero-order valence-electron chi connectivity index (χ0n) is 20.5. The summed E-state index contributed by atoms with van der Waals surface area (Å²) >= 11 is 0. The minimum absolute atomic E-state index is 0.00935. The monoisotopic (exact) mass is 468 g/mol. The number of amides is 3. The Morgan fingerprint density at radius 3 is 2.62 bits per heavy atom. The predicted octanol–water partition coefficient (Wildman–Crippen LogP) is 3.92. The van der Waals surface area contributed by atoms with Crippen molar-refractivity contribution in [2.45, 2.75) is 96.7 Å². The van der Waals surface area contributed by atoms with Crippen molar-refractivity contribution in [3.05, 3.63) is 34.9 Å². The molecule has 0 radical (unpaired) electrons. The lowest BCUT2D eigenvalue weighted by Gasteiger charge is -2.29. The van der Waals surface area contributed by atoms with Crippen molar-refractivity contribution >= 4 is 23.7 Å². The first-order chi connectivity index (χ1) is 16.1. The highest BCUT2D eigenvalue weighted by atomic mass is 16.6. The number of hydrogen-bond donors (Lipinski definition) is 1. The fourth-order valence-corrected chi connectivity index (χ4v) is 5.53. The maximum atomic E-state index is 13.0. The molecule has 1 N–H and O–H groups in total. The van der Waals surface area contributed by atoms with Crippen molar-refractivity contribution in [3.63, 3.8) is 0 Å². The molecule has 1 aromatic rings. The highest BCUT2D eigenvalue weighted by Gasteiger charge is 2.39. The second-order valence-corrected chi connectivity index (χ2v) is 11.0. The lowest BCUT2D eigenvalue weighted by atomic mass is 9.90. The summed E-state index contributed by atoms with van der Waals surface area (Å²) in [5.41, 5.74) is 2.40. The number of esters is 1. The molecule has 34 heavy (non-hydrogen) atoms. The topological polar surface area (TPSA) is 92.8 Å². The summed E-state index contributed by atoms with van der Waals surface area (Å²) in [6.45, 7) is 6.15. The molecule has 3 unspecified atom stereocenters. The lowest BCUT2D eigenvalue weighted by molar-refractivity contribution is -0.160. The van der Waals surface area contributed by atoms with Crippen molar-refractivity contribution in [1.82, 2.24) is 10.2 Å². The third-order valence-corrected chi connectivity index (χ3v) is 7.33. The van der Waals surface area contributed by atoms with Crippen molar-refractivity contribution in [3.8, 4) is 0 Å². The molecule has 0 aromatic heterocycles. The van der Waals surface area contributed by atoms with Crippen molar-refractivity contribution in [1.29, 1.82) is 0 Å². The van der Waals surface area contributed by atoms with Crippen LogP contribution in [-0.2, 0) is 32.1 Å². The molecule has 7 nitrogen and oxygen atoms in total. The largest absolute Gasteiger partial charge is 0.460 e. The van der Waals surface area contributed by atoms with E-state index in [1.807, 2.05) is 32.9 Å². The van der Waals surface area contributed by atoms with Gasteiger partial charge in [-0.3, -0.25) is 24.5 Å². The molecule has 1 saturated carbocycles. The molecule has 1 aliphatic carbocycles. The first kappa shape index (κ1) is 24.4. The Hall–Kier alpha value is -2.70. The van der Waals surface area contributed by atoms with E-state index in [1.165, 1.54) is 0 Å². The van der Waals surface area contributed by atoms with Gasteiger partial charge < -0.3 is 9.64 Å². The van der Waals surface area contributed by atoms with Gasteiger partial charge in [-0.05, 0) is 82.4 Å². The summed E-state index contributed by atoms with van der Waals surface area (Å²) in [6, 6.07) is 5.26. The van der Waals surface area contributed by atoms with Crippen LogP contribution >= 0.6 is 0 Å². The zero-order valence-corrected chi connectivity index (χ0v) is 20.5. The normalized spacial score (nSPS) is 25.6. The number of nitrogens with one attached hydrogen (secondary N) is 1. The van der Waals surface area contributed by atoms with E-state index in [4.69, 9.17) is 4.74 Å². The number of imide groups is 1. The second-order valence-electron chi connectivity index (χ2n) is 11.0. The Labute approximate surface area is 201 Å². The van der Waals surface area contributed by atoms with Crippen LogP contribution in [0, 0.1) is 11.8 Å². The van der Waals surface area contributed by atoms with Gasteiger partial charge in [0.05, 0.1) is 5.92 Å². The molecule has 3 aliphatic rings. The number of ether oxygens (including phenoxy) is 1. The average molecular weight is 469 g/mol. The van der Waals surface area contributed by atoms with Crippen molar-refractivity contribution < 1.29 is 23.9 Å². The van der Waals surface area contributed by atoms with E-state index in [1.54, 1.807) is 4.90 Å². The summed E-state index contributed by atoms with van der Waals surface area (Å²) in [5, 5.41) is 2.36. The molecular weight excluding hydrogens is 432 g/mol. The van der Waals surface area contributed by atoms with Gasteiger partial charge in [-0.25, -0.2) is 0 Å². The highest BCUT2D eigenvalue weighted by Crippen LogP contribution is 2.34. The van der Waals surface area contributed by atoms with E-state index in [0.717, 1.165) is 56.1 Å². The molecule has 2 aliphatic heterocycles. The van der Waals surface area contributed by atoms with Gasteiger partial charge in [0.1, 0.15) is 11.6 Å². The van der Waals surface area contributed by atoms with Crippen molar-refractivity contribution in [2.24, 2.45) is 11.8 Å². The molecule has 0 bridgehead atoms. The number of piperidine rings is 1. The summed E-state index contributed by atoms with van der Waals surface area (Å²) < 4.78 is 5.61. The Balaban J connectivity index is 1.36. The molecule has 2 fully saturated rings. The van der Waals surface area contributed by atoms with E-state index in [0.29, 0.717) is 24.4 Å². The van der Waals surface area contributed by atoms with Gasteiger partial charge in [0.15, 0.2) is 0 Å². The summed E-state index contributed by atoms with van der Waals surface area (Å²) in [4.78, 5) is 51.0. The molecule has 3 atom stereocenters. The first-order valence-corrected chi connectivity index (χ1v) is 12.6. The molecule has 1 aromatic carbocycles. The molecule has 7 heteroatoms. The number of nitrogens with zero attached hydrogens (tertiary/aromatic N) is 1. The van der Waals surface area contributed by atoms with Crippen LogP contribution in [0.25, 0.3) is 0 Å². The molecule has 3 amide bonds. The van der Waals surface area contributed by atoms with Crippen LogP contribution in [0.3, 0.4) is 0 Å². The van der Waals surface area contributed by atoms with Gasteiger partial charge in [0.2, 0.25) is 11.8 Å². The standard InChI is InChI=1S/C27H36N2O5/c1-27(2,3)34-26(33)19-8-4-6-17(11-13-19)10-12-18-7-5-9-20-21(18)16-29(25(20)32)22-14-15-23(30)28-24(22)31/h5,7,9,17,19,22H,4,6,8,10-16H2,1-3H3,(H,28,30,31). The van der Waals surface area contributed by atoms with Crippen LogP contribution in [0.15, 0.2) is 18.2 Å². The van der Waals surface area contributed by atoms with Gasteiger partial charge in [0.25, 0.3) is 5.91 Å². The number of carbonyl (C=O) groups is 4. The Morgan fingerprint density at radius 1 is 1.09 bits per heavy atom. The first-order valence-electron chi connectivity index (χ1n) is 12.6. The second kappa shape index (κ2) is 9.88. The fourth-order valence-electron chi connectivity index (χ4n) is 5.53. The van der Waals surface area contributed by atoms with Gasteiger partial charge in [0, 0.05) is 18.5 Å². The summed E-state index contributed by atoms with van der Waals surface area (Å²) in [7, 11) is 0. The number of benzene rings is 1. The Kier molecular flexibility index (Phi) is 7.10. The van der Waals surface area contributed by atoms with Gasteiger partial charge >= 0.3 is 5.97 Å². The zero-order chi connectivity index (χ0) is 24.5. The van der Waals surface area contributed by atoms with Crippen LogP contribution in [0.5, 0.6) is 0 Å². The maximum Gasteiger partial charge on any atom is 0.309 e. The predicted molar refractivity (Wildman–Crippen MR) is 127 cm³/mol. The number of fused-ring (bicyclic) bond motifs is 1. The number of aryl methyl sites for hydroxylation is 1. The lowest BCUT2D eigenvalue weighted by Crippen LogP contribution is -2.52. The molecular formula is C27H36N2O5. The number of hydrogen-bond acceptors (Lipinski definition) is 5. The van der Waals surface area contributed by atoms with Crippen molar-refractivity contribution in [2.75, 3.05) is 0 Å². The van der Waals surface area contributed by atoms with Gasteiger partial charge in [-0.15, -0.1) is 0 Å². The molecule has 184 valence electrons. The minimum Gasteiger partial charge on any atom is -0.460 e. The molecule has 0 spiro atoms. The smallest absolute Gasteiger partial charge is 0.309 e. The number of rotatable bonds is 5. The third kappa shape index (κ3) is 5.50. The van der Waals surface area contributed by atoms with E-state index in [-0.39, 0.29) is 36.0 Å². The minimum atomic E-state index is -0.586. The van der Waals surface area contributed by atoms with Gasteiger partial charge in [-0.1, -0.05) is 25.0 Å². The number of carbonyl (C=O) groups excluding carboxylic acids is 4. The maximum absolute atomic E-state index is 13.0. The van der Waals surface area contributed by atoms with Crippen LogP contribution in [0.1, 0.15) is 93.6 Å². The average Bonchev–Trinajstić information content (AvgIpc) is 2.94. The van der Waals surface area contributed by atoms with Crippen LogP contribution in [-0.4, -0.2) is 40.2 Å². The fraction of sp³-hybridized carbons (Fsp3) is 0.630. The highest BCUT2D eigenvalue weighted by molar-refractivity contribution is 6.05. The van der Waals surface area contributed by atoms with E-state index < -0.39 is 11.6 Å². The van der Waals surface area contributed by atoms with E-state index >= 15 is 0 Å². The van der Waals surface area contributed by atoms with Gasteiger partial charge in [-0.2, -0.15) is 0 Å². The van der Waals surface area contributed by atoms with Crippen LogP contribution in [0.2, 0.25) is 0 Å². The van der Waals surface area contributed by atoms with E-state index in [2.05, 4.69) is 11.4 Å². The molecule has 4 rings (SSSR count).